The molecule has 2 rings (SSSR count). The number of rotatable bonds is 2. The second-order valence-electron chi connectivity index (χ2n) is 4.85. The van der Waals surface area contributed by atoms with Gasteiger partial charge in [-0.3, -0.25) is 0 Å². The van der Waals surface area contributed by atoms with Crippen LogP contribution < -0.4 is 5.73 Å². The third-order valence-electron chi connectivity index (χ3n) is 3.43. The summed E-state index contributed by atoms with van der Waals surface area (Å²) in [5.41, 5.74) is 7.17. The molecule has 0 heterocycles. The van der Waals surface area contributed by atoms with Gasteiger partial charge in [0.15, 0.2) is 0 Å². The highest BCUT2D eigenvalue weighted by molar-refractivity contribution is 5.29. The molecule has 4 heteroatoms. The molecule has 0 radical (unpaired) electrons. The van der Waals surface area contributed by atoms with E-state index in [-0.39, 0.29) is 5.54 Å². The third kappa shape index (κ3) is 3.00. The van der Waals surface area contributed by atoms with Gasteiger partial charge in [-0.15, -0.1) is 0 Å². The first-order valence-electron chi connectivity index (χ1n) is 5.84. The number of hydrogen-bond donors (Lipinski definition) is 1. The Balaban J connectivity index is 2.13. The first-order chi connectivity index (χ1) is 7.89. The average Bonchev–Trinajstić information content (AvgIpc) is 2.65. The van der Waals surface area contributed by atoms with E-state index in [1.807, 2.05) is 0 Å². The summed E-state index contributed by atoms with van der Waals surface area (Å²) in [7, 11) is 0. The maximum atomic E-state index is 12.2. The standard InChI is InChI=1S/C13H16F3N/c14-13(15,16)9-10-3-5-11(6-4-10)12(17)7-1-2-8-12/h3-6H,1-2,7-9,17H2. The van der Waals surface area contributed by atoms with Crippen molar-refractivity contribution in [2.75, 3.05) is 0 Å². The molecule has 0 amide bonds. The Morgan fingerprint density at radius 1 is 1.06 bits per heavy atom. The van der Waals surface area contributed by atoms with Crippen molar-refractivity contribution in [1.29, 1.82) is 0 Å². The van der Waals surface area contributed by atoms with E-state index in [1.54, 1.807) is 12.1 Å². The lowest BCUT2D eigenvalue weighted by atomic mass is 9.89. The summed E-state index contributed by atoms with van der Waals surface area (Å²) in [5, 5.41) is 0. The zero-order chi connectivity index (χ0) is 12.5. The lowest BCUT2D eigenvalue weighted by Gasteiger charge is -2.24. The summed E-state index contributed by atoms with van der Waals surface area (Å²) in [4.78, 5) is 0. The fourth-order valence-electron chi connectivity index (χ4n) is 2.48. The SMILES string of the molecule is NC1(c2ccc(CC(F)(F)F)cc2)CCCC1. The van der Waals surface area contributed by atoms with Crippen LogP contribution in [0.15, 0.2) is 24.3 Å². The van der Waals surface area contributed by atoms with Gasteiger partial charge >= 0.3 is 6.18 Å². The zero-order valence-corrected chi connectivity index (χ0v) is 9.56. The quantitative estimate of drug-likeness (QED) is 0.845. The minimum absolute atomic E-state index is 0.294. The second-order valence-corrected chi connectivity index (χ2v) is 4.85. The molecule has 0 atom stereocenters. The van der Waals surface area contributed by atoms with Crippen molar-refractivity contribution in [3.63, 3.8) is 0 Å². The first kappa shape index (κ1) is 12.4. The average molecular weight is 243 g/mol. The molecule has 0 spiro atoms. The highest BCUT2D eigenvalue weighted by Gasteiger charge is 2.31. The minimum Gasteiger partial charge on any atom is -0.321 e. The van der Waals surface area contributed by atoms with Crippen LogP contribution in [0.3, 0.4) is 0 Å². The molecule has 1 aromatic rings. The molecule has 2 N–H and O–H groups in total. The molecule has 1 aliphatic carbocycles. The number of alkyl halides is 3. The Morgan fingerprint density at radius 2 is 1.59 bits per heavy atom. The Kier molecular flexibility index (Phi) is 3.17. The first-order valence-corrected chi connectivity index (χ1v) is 5.84. The molecule has 0 saturated heterocycles. The molecule has 94 valence electrons. The summed E-state index contributed by atoms with van der Waals surface area (Å²) in [5.74, 6) is 0. The van der Waals surface area contributed by atoms with Gasteiger partial charge in [-0.05, 0) is 24.0 Å². The summed E-state index contributed by atoms with van der Waals surface area (Å²) in [6.07, 6.45) is -0.973. The van der Waals surface area contributed by atoms with E-state index in [0.29, 0.717) is 5.56 Å². The largest absolute Gasteiger partial charge is 0.393 e. The molecular weight excluding hydrogens is 227 g/mol. The van der Waals surface area contributed by atoms with E-state index in [9.17, 15) is 13.2 Å². The third-order valence-corrected chi connectivity index (χ3v) is 3.43. The number of hydrogen-bond acceptors (Lipinski definition) is 1. The minimum atomic E-state index is -4.14. The lowest BCUT2D eigenvalue weighted by molar-refractivity contribution is -0.127. The molecule has 0 bridgehead atoms. The topological polar surface area (TPSA) is 26.0 Å². The van der Waals surface area contributed by atoms with E-state index in [0.717, 1.165) is 31.2 Å². The fourth-order valence-corrected chi connectivity index (χ4v) is 2.48. The van der Waals surface area contributed by atoms with E-state index < -0.39 is 12.6 Å². The second kappa shape index (κ2) is 4.33. The molecular formula is C13H16F3N. The molecule has 0 aliphatic heterocycles. The maximum Gasteiger partial charge on any atom is 0.393 e. The Bertz CT molecular complexity index is 375. The Morgan fingerprint density at radius 3 is 2.06 bits per heavy atom. The van der Waals surface area contributed by atoms with Gasteiger partial charge < -0.3 is 5.73 Å². The molecule has 1 aromatic carbocycles. The van der Waals surface area contributed by atoms with Crippen molar-refractivity contribution in [3.05, 3.63) is 35.4 Å². The predicted octanol–water partition coefficient (Wildman–Crippen LogP) is 3.52. The lowest BCUT2D eigenvalue weighted by Crippen LogP contribution is -2.32. The van der Waals surface area contributed by atoms with Crippen LogP contribution in [0.2, 0.25) is 0 Å². The van der Waals surface area contributed by atoms with Crippen LogP contribution in [0.25, 0.3) is 0 Å². The van der Waals surface area contributed by atoms with Gasteiger partial charge in [0.1, 0.15) is 0 Å². The molecule has 0 unspecified atom stereocenters. The Hall–Kier alpha value is -1.03. The van der Waals surface area contributed by atoms with Gasteiger partial charge in [-0.2, -0.15) is 13.2 Å². The molecule has 1 fully saturated rings. The highest BCUT2D eigenvalue weighted by atomic mass is 19.4. The molecule has 1 saturated carbocycles. The zero-order valence-electron chi connectivity index (χ0n) is 9.56. The Labute approximate surface area is 98.8 Å². The van der Waals surface area contributed by atoms with Gasteiger partial charge in [0.05, 0.1) is 6.42 Å². The van der Waals surface area contributed by atoms with Crippen LogP contribution >= 0.6 is 0 Å². The van der Waals surface area contributed by atoms with E-state index >= 15 is 0 Å². The number of halogens is 3. The summed E-state index contributed by atoms with van der Waals surface area (Å²) in [6, 6.07) is 6.56. The summed E-state index contributed by atoms with van der Waals surface area (Å²) >= 11 is 0. The van der Waals surface area contributed by atoms with Gasteiger partial charge in [0.2, 0.25) is 0 Å². The monoisotopic (exact) mass is 243 g/mol. The summed E-state index contributed by atoms with van der Waals surface area (Å²) in [6.45, 7) is 0. The van der Waals surface area contributed by atoms with Crippen molar-refractivity contribution in [2.24, 2.45) is 5.73 Å². The van der Waals surface area contributed by atoms with Crippen molar-refractivity contribution < 1.29 is 13.2 Å². The van der Waals surface area contributed by atoms with Crippen LogP contribution in [0, 0.1) is 0 Å². The number of nitrogens with two attached hydrogens (primary N) is 1. The normalized spacial score (nSPS) is 19.5. The van der Waals surface area contributed by atoms with Crippen molar-refractivity contribution >= 4 is 0 Å². The van der Waals surface area contributed by atoms with Gasteiger partial charge in [0.25, 0.3) is 0 Å². The smallest absolute Gasteiger partial charge is 0.321 e. The van der Waals surface area contributed by atoms with E-state index in [2.05, 4.69) is 0 Å². The summed E-state index contributed by atoms with van der Waals surface area (Å²) < 4.78 is 36.6. The molecule has 17 heavy (non-hydrogen) atoms. The van der Waals surface area contributed by atoms with Crippen LogP contribution in [0.5, 0.6) is 0 Å². The fraction of sp³-hybridized carbons (Fsp3) is 0.538. The van der Waals surface area contributed by atoms with Crippen LogP contribution in [0.1, 0.15) is 36.8 Å². The molecule has 1 nitrogen and oxygen atoms in total. The highest BCUT2D eigenvalue weighted by Crippen LogP contribution is 2.36. The number of benzene rings is 1. The predicted molar refractivity (Wildman–Crippen MR) is 60.5 cm³/mol. The molecule has 0 aromatic heterocycles. The maximum absolute atomic E-state index is 12.2. The van der Waals surface area contributed by atoms with Gasteiger partial charge in [-0.1, -0.05) is 37.1 Å². The van der Waals surface area contributed by atoms with Crippen LogP contribution in [-0.2, 0) is 12.0 Å². The van der Waals surface area contributed by atoms with Crippen molar-refractivity contribution in [2.45, 2.75) is 43.8 Å². The van der Waals surface area contributed by atoms with Gasteiger partial charge in [-0.25, -0.2) is 0 Å². The van der Waals surface area contributed by atoms with E-state index in [4.69, 9.17) is 5.73 Å². The van der Waals surface area contributed by atoms with E-state index in [1.165, 1.54) is 12.1 Å². The van der Waals surface area contributed by atoms with Crippen molar-refractivity contribution in [1.82, 2.24) is 0 Å². The van der Waals surface area contributed by atoms with Crippen molar-refractivity contribution in [3.8, 4) is 0 Å². The van der Waals surface area contributed by atoms with Crippen LogP contribution in [-0.4, -0.2) is 6.18 Å². The van der Waals surface area contributed by atoms with Crippen LogP contribution in [0.4, 0.5) is 13.2 Å². The van der Waals surface area contributed by atoms with Gasteiger partial charge in [0, 0.05) is 5.54 Å². The molecule has 1 aliphatic rings.